The molecule has 0 unspecified atom stereocenters. The predicted molar refractivity (Wildman–Crippen MR) is 131 cm³/mol. The first-order valence-electron chi connectivity index (χ1n) is 13.9. The summed E-state index contributed by atoms with van der Waals surface area (Å²) in [5.41, 5.74) is 2.31. The van der Waals surface area contributed by atoms with Crippen LogP contribution in [0.1, 0.15) is 127 Å². The summed E-state index contributed by atoms with van der Waals surface area (Å²) in [5, 5.41) is 0. The van der Waals surface area contributed by atoms with Crippen molar-refractivity contribution in [1.82, 2.24) is 0 Å². The van der Waals surface area contributed by atoms with Gasteiger partial charge in [0.2, 0.25) is 0 Å². The van der Waals surface area contributed by atoms with Crippen LogP contribution in [0.3, 0.4) is 0 Å². The molecule has 4 aliphatic carbocycles. The van der Waals surface area contributed by atoms with Crippen LogP contribution in [0.2, 0.25) is 0 Å². The van der Waals surface area contributed by atoms with E-state index in [-0.39, 0.29) is 0 Å². The van der Waals surface area contributed by atoms with Gasteiger partial charge in [0, 0.05) is 0 Å². The molecule has 0 aromatic heterocycles. The van der Waals surface area contributed by atoms with Crippen LogP contribution in [0.5, 0.6) is 0 Å². The van der Waals surface area contributed by atoms with Crippen LogP contribution in [0.4, 0.5) is 0 Å². The van der Waals surface area contributed by atoms with Gasteiger partial charge in [0.1, 0.15) is 0 Å². The molecule has 30 heavy (non-hydrogen) atoms. The molecule has 0 bridgehead atoms. The van der Waals surface area contributed by atoms with Crippen LogP contribution in [0, 0.1) is 63.1 Å². The quantitative estimate of drug-likeness (QED) is 0.429. The van der Waals surface area contributed by atoms with Crippen LogP contribution >= 0.6 is 0 Å². The third-order valence-corrected chi connectivity index (χ3v) is 12.7. The lowest BCUT2D eigenvalue weighted by atomic mass is 9.34. The highest BCUT2D eigenvalue weighted by Crippen LogP contribution is 2.76. The van der Waals surface area contributed by atoms with E-state index in [1.807, 2.05) is 0 Å². The van der Waals surface area contributed by atoms with E-state index in [4.69, 9.17) is 0 Å². The normalized spacial score (nSPS) is 53.5. The Hall–Kier alpha value is 0. The van der Waals surface area contributed by atoms with Crippen molar-refractivity contribution in [3.05, 3.63) is 0 Å². The van der Waals surface area contributed by atoms with E-state index in [9.17, 15) is 0 Å². The van der Waals surface area contributed by atoms with Gasteiger partial charge in [-0.2, -0.15) is 0 Å². The fourth-order valence-electron chi connectivity index (χ4n) is 11.1. The van der Waals surface area contributed by atoms with Crippen molar-refractivity contribution >= 4 is 0 Å². The second-order valence-corrected chi connectivity index (χ2v) is 14.3. The topological polar surface area (TPSA) is 0 Å². The molecule has 0 heteroatoms. The van der Waals surface area contributed by atoms with E-state index >= 15 is 0 Å². The first kappa shape index (κ1) is 23.2. The molecule has 0 aromatic carbocycles. The third-order valence-electron chi connectivity index (χ3n) is 12.7. The molecule has 0 saturated heterocycles. The Balaban J connectivity index is 1.74. The largest absolute Gasteiger partial charge is 0.0654 e. The Kier molecular flexibility index (Phi) is 5.80. The Morgan fingerprint density at radius 2 is 1.43 bits per heavy atom. The lowest BCUT2D eigenvalue weighted by Crippen LogP contribution is -2.64. The summed E-state index contributed by atoms with van der Waals surface area (Å²) in [6, 6.07) is 0. The van der Waals surface area contributed by atoms with Gasteiger partial charge < -0.3 is 0 Å². The maximum atomic E-state index is 2.81. The lowest BCUT2D eigenvalue weighted by Gasteiger charge is -2.71. The SMILES string of the molecule is CCC[C@]1(C)[C@H]2CC[C@@H]3[C@H]4[C@H](C(C)C)CC[C@]4(C)CC[C@@]3(C)[C@]2(C)CC[C@H]1C(C)C. The second kappa shape index (κ2) is 7.52. The zero-order valence-corrected chi connectivity index (χ0v) is 22.1. The summed E-state index contributed by atoms with van der Waals surface area (Å²) in [5.74, 6) is 6.53. The van der Waals surface area contributed by atoms with Gasteiger partial charge in [-0.3, -0.25) is 0 Å². The Morgan fingerprint density at radius 3 is 2.03 bits per heavy atom. The maximum Gasteiger partial charge on any atom is -0.0235 e. The minimum atomic E-state index is 0.552. The molecule has 4 saturated carbocycles. The van der Waals surface area contributed by atoms with Crippen LogP contribution in [0.15, 0.2) is 0 Å². The van der Waals surface area contributed by atoms with Crippen molar-refractivity contribution in [2.75, 3.05) is 0 Å². The highest BCUT2D eigenvalue weighted by molar-refractivity contribution is 5.17. The van der Waals surface area contributed by atoms with Crippen LogP contribution in [-0.2, 0) is 0 Å². The van der Waals surface area contributed by atoms with Gasteiger partial charge in [-0.1, -0.05) is 68.7 Å². The fraction of sp³-hybridized carbons (Fsp3) is 1.00. The number of rotatable bonds is 4. The lowest BCUT2D eigenvalue weighted by molar-refractivity contribution is -0.223. The average molecular weight is 415 g/mol. The predicted octanol–water partition coefficient (Wildman–Crippen LogP) is 9.38. The smallest absolute Gasteiger partial charge is 0.0235 e. The van der Waals surface area contributed by atoms with Gasteiger partial charge in [0.15, 0.2) is 0 Å². The minimum absolute atomic E-state index is 0.552. The monoisotopic (exact) mass is 414 g/mol. The summed E-state index contributed by atoms with van der Waals surface area (Å²) in [7, 11) is 0. The van der Waals surface area contributed by atoms with E-state index in [1.54, 1.807) is 0 Å². The molecule has 4 rings (SSSR count). The standard InChI is InChI=1S/C30H54/c1-10-15-28(7)23(21(4)5)14-17-30(9)25(28)12-11-24-26-22(20(2)3)13-16-27(26,6)18-19-29(24,30)8/h20-26H,10-19H2,1-9H3/t22-,23-,24+,25+,26+,27+,28-,29+,30+/m0/s1. The van der Waals surface area contributed by atoms with Crippen molar-refractivity contribution in [1.29, 1.82) is 0 Å². The van der Waals surface area contributed by atoms with E-state index in [2.05, 4.69) is 62.3 Å². The molecule has 0 nitrogen and oxygen atoms in total. The Labute approximate surface area is 189 Å². The van der Waals surface area contributed by atoms with Gasteiger partial charge in [-0.05, 0) is 121 Å². The molecule has 0 spiro atoms. The van der Waals surface area contributed by atoms with E-state index in [0.717, 1.165) is 41.4 Å². The summed E-state index contributed by atoms with van der Waals surface area (Å²) in [6.07, 6.45) is 14.9. The summed E-state index contributed by atoms with van der Waals surface area (Å²) < 4.78 is 0. The molecular weight excluding hydrogens is 360 g/mol. The molecular formula is C30H54. The van der Waals surface area contributed by atoms with Gasteiger partial charge in [-0.25, -0.2) is 0 Å². The minimum Gasteiger partial charge on any atom is -0.0654 e. The van der Waals surface area contributed by atoms with Gasteiger partial charge >= 0.3 is 0 Å². The summed E-state index contributed by atoms with van der Waals surface area (Å²) in [6.45, 7) is 23.6. The van der Waals surface area contributed by atoms with Crippen molar-refractivity contribution in [2.24, 2.45) is 63.1 Å². The molecule has 0 radical (unpaired) electrons. The van der Waals surface area contributed by atoms with Crippen molar-refractivity contribution < 1.29 is 0 Å². The zero-order valence-electron chi connectivity index (χ0n) is 22.1. The van der Waals surface area contributed by atoms with E-state index in [0.29, 0.717) is 21.7 Å². The number of hydrogen-bond donors (Lipinski definition) is 0. The van der Waals surface area contributed by atoms with E-state index in [1.165, 1.54) is 64.2 Å². The van der Waals surface area contributed by atoms with Gasteiger partial charge in [0.25, 0.3) is 0 Å². The molecule has 4 fully saturated rings. The van der Waals surface area contributed by atoms with Crippen molar-refractivity contribution in [3.8, 4) is 0 Å². The molecule has 0 heterocycles. The Bertz CT molecular complexity index is 632. The van der Waals surface area contributed by atoms with Crippen LogP contribution < -0.4 is 0 Å². The molecule has 0 amide bonds. The maximum absolute atomic E-state index is 2.81. The van der Waals surface area contributed by atoms with Gasteiger partial charge in [-0.15, -0.1) is 0 Å². The highest BCUT2D eigenvalue weighted by Gasteiger charge is 2.68. The number of fused-ring (bicyclic) bond motifs is 5. The van der Waals surface area contributed by atoms with Crippen LogP contribution in [-0.4, -0.2) is 0 Å². The van der Waals surface area contributed by atoms with Crippen LogP contribution in [0.25, 0.3) is 0 Å². The number of hydrogen-bond acceptors (Lipinski definition) is 0. The fourth-order valence-corrected chi connectivity index (χ4v) is 11.1. The zero-order chi connectivity index (χ0) is 22.1. The first-order valence-corrected chi connectivity index (χ1v) is 13.9. The molecule has 0 aromatic rings. The van der Waals surface area contributed by atoms with E-state index < -0.39 is 0 Å². The Morgan fingerprint density at radius 1 is 0.733 bits per heavy atom. The summed E-state index contributed by atoms with van der Waals surface area (Å²) >= 11 is 0. The van der Waals surface area contributed by atoms with Gasteiger partial charge in [0.05, 0.1) is 0 Å². The molecule has 0 N–H and O–H groups in total. The molecule has 174 valence electrons. The van der Waals surface area contributed by atoms with Crippen molar-refractivity contribution in [3.63, 3.8) is 0 Å². The van der Waals surface area contributed by atoms with Crippen molar-refractivity contribution in [2.45, 2.75) is 127 Å². The third kappa shape index (κ3) is 2.96. The first-order chi connectivity index (χ1) is 13.9. The highest BCUT2D eigenvalue weighted by atomic mass is 14.7. The molecule has 0 aliphatic heterocycles. The molecule has 9 atom stereocenters. The summed E-state index contributed by atoms with van der Waals surface area (Å²) in [4.78, 5) is 0. The molecule has 4 aliphatic rings. The average Bonchev–Trinajstić information content (AvgIpc) is 3.00. The second-order valence-electron chi connectivity index (χ2n) is 14.3.